The van der Waals surface area contributed by atoms with Crippen molar-refractivity contribution in [3.63, 3.8) is 0 Å². The maximum Gasteiger partial charge on any atom is 0.224 e. The Hall–Kier alpha value is -1.53. The van der Waals surface area contributed by atoms with Gasteiger partial charge < -0.3 is 4.90 Å². The molecule has 6 heteroatoms. The van der Waals surface area contributed by atoms with Crippen LogP contribution in [-0.2, 0) is 6.54 Å². The van der Waals surface area contributed by atoms with E-state index in [1.165, 1.54) is 23.4 Å². The molecule has 0 aromatic carbocycles. The van der Waals surface area contributed by atoms with Gasteiger partial charge in [0, 0.05) is 62.6 Å². The van der Waals surface area contributed by atoms with Gasteiger partial charge in [0.25, 0.3) is 0 Å². The van der Waals surface area contributed by atoms with Crippen molar-refractivity contribution in [3.8, 4) is 0 Å². The molecule has 0 N–H and O–H groups in total. The first-order valence-corrected chi connectivity index (χ1v) is 8.20. The number of hydrogen-bond acceptors (Lipinski definition) is 6. The van der Waals surface area contributed by atoms with E-state index in [1.807, 2.05) is 37.6 Å². The lowest BCUT2D eigenvalue weighted by atomic mass is 9.98. The summed E-state index contributed by atoms with van der Waals surface area (Å²) in [7, 11) is 3.91. The summed E-state index contributed by atoms with van der Waals surface area (Å²) in [6.07, 6.45) is 8.28. The molecular formula is C15H21N5S. The molecule has 1 aliphatic rings. The molecule has 1 aliphatic heterocycles. The van der Waals surface area contributed by atoms with Gasteiger partial charge in [-0.25, -0.2) is 15.0 Å². The second-order valence-electron chi connectivity index (χ2n) is 5.73. The van der Waals surface area contributed by atoms with Crippen molar-refractivity contribution in [1.29, 1.82) is 0 Å². The van der Waals surface area contributed by atoms with Gasteiger partial charge in [-0.2, -0.15) is 0 Å². The van der Waals surface area contributed by atoms with Crippen LogP contribution in [0.4, 0.5) is 5.95 Å². The number of hydrogen-bond donors (Lipinski definition) is 0. The molecule has 5 nitrogen and oxygen atoms in total. The van der Waals surface area contributed by atoms with Gasteiger partial charge in [0.05, 0.1) is 5.01 Å². The first-order chi connectivity index (χ1) is 10.2. The Labute approximate surface area is 129 Å². The van der Waals surface area contributed by atoms with Crippen molar-refractivity contribution < 1.29 is 0 Å². The van der Waals surface area contributed by atoms with Crippen LogP contribution < -0.4 is 4.90 Å². The molecule has 1 saturated heterocycles. The molecule has 0 amide bonds. The molecule has 0 bridgehead atoms. The fraction of sp³-hybridized carbons (Fsp3) is 0.533. The molecule has 0 aliphatic carbocycles. The molecule has 2 aromatic rings. The first kappa shape index (κ1) is 14.4. The molecule has 112 valence electrons. The topological polar surface area (TPSA) is 45.2 Å². The Morgan fingerprint density at radius 1 is 1.29 bits per heavy atom. The lowest BCUT2D eigenvalue weighted by Gasteiger charge is -2.31. The summed E-state index contributed by atoms with van der Waals surface area (Å²) in [5.41, 5.74) is 1.18. The normalized spacial score (nSPS) is 19.6. The fourth-order valence-electron chi connectivity index (χ4n) is 2.76. The van der Waals surface area contributed by atoms with E-state index in [0.29, 0.717) is 5.92 Å². The maximum atomic E-state index is 4.47. The fourth-order valence-corrected chi connectivity index (χ4v) is 3.52. The monoisotopic (exact) mass is 303 g/mol. The van der Waals surface area contributed by atoms with Crippen LogP contribution in [-0.4, -0.2) is 47.0 Å². The van der Waals surface area contributed by atoms with E-state index in [1.54, 1.807) is 11.3 Å². The Kier molecular flexibility index (Phi) is 4.45. The highest BCUT2D eigenvalue weighted by molar-refractivity contribution is 7.09. The van der Waals surface area contributed by atoms with Gasteiger partial charge in [-0.1, -0.05) is 0 Å². The molecular weight excluding hydrogens is 282 g/mol. The van der Waals surface area contributed by atoms with Gasteiger partial charge in [-0.15, -0.1) is 11.3 Å². The highest BCUT2D eigenvalue weighted by atomic mass is 32.1. The second-order valence-corrected chi connectivity index (χ2v) is 6.66. The third kappa shape index (κ3) is 3.57. The summed E-state index contributed by atoms with van der Waals surface area (Å²) in [5.74, 6) is 1.35. The van der Waals surface area contributed by atoms with Crippen molar-refractivity contribution >= 4 is 17.3 Å². The minimum atomic E-state index is 0.584. The van der Waals surface area contributed by atoms with Crippen LogP contribution in [0.1, 0.15) is 29.3 Å². The zero-order chi connectivity index (χ0) is 14.7. The number of anilines is 1. The summed E-state index contributed by atoms with van der Waals surface area (Å²) < 4.78 is 0. The minimum Gasteiger partial charge on any atom is -0.347 e. The zero-order valence-electron chi connectivity index (χ0n) is 12.6. The molecule has 0 radical (unpaired) electrons. The smallest absolute Gasteiger partial charge is 0.224 e. The van der Waals surface area contributed by atoms with Crippen LogP contribution in [0, 0.1) is 0 Å². The van der Waals surface area contributed by atoms with E-state index in [2.05, 4.69) is 25.2 Å². The third-order valence-electron chi connectivity index (χ3n) is 3.80. The van der Waals surface area contributed by atoms with E-state index in [4.69, 9.17) is 0 Å². The molecule has 3 rings (SSSR count). The number of aromatic nitrogens is 3. The molecule has 0 unspecified atom stereocenters. The molecule has 1 fully saturated rings. The summed E-state index contributed by atoms with van der Waals surface area (Å²) in [5, 5.41) is 3.35. The van der Waals surface area contributed by atoms with E-state index in [-0.39, 0.29) is 0 Å². The van der Waals surface area contributed by atoms with Crippen molar-refractivity contribution in [3.05, 3.63) is 34.5 Å². The van der Waals surface area contributed by atoms with Gasteiger partial charge in [0.1, 0.15) is 0 Å². The summed E-state index contributed by atoms with van der Waals surface area (Å²) >= 11 is 1.77. The van der Waals surface area contributed by atoms with Crippen LogP contribution in [0.15, 0.2) is 24.0 Å². The second kappa shape index (κ2) is 6.49. The quantitative estimate of drug-likeness (QED) is 0.868. The summed E-state index contributed by atoms with van der Waals surface area (Å²) in [6, 6.07) is 0. The largest absolute Gasteiger partial charge is 0.347 e. The Morgan fingerprint density at radius 3 is 2.76 bits per heavy atom. The predicted octanol–water partition coefficient (Wildman–Crippen LogP) is 2.38. The molecule has 1 atom stereocenters. The maximum absolute atomic E-state index is 4.47. The standard InChI is InChI=1S/C15H21N5S/c1-19(2)15-17-8-12(9-18-15)10-20-6-3-4-13(11-20)14-16-5-7-21-14/h5,7-9,13H,3-4,6,10-11H2,1-2H3/t13-/m1/s1. The summed E-state index contributed by atoms with van der Waals surface area (Å²) in [4.78, 5) is 17.7. The molecule has 0 spiro atoms. The van der Waals surface area contributed by atoms with Crippen molar-refractivity contribution in [1.82, 2.24) is 19.9 Å². The van der Waals surface area contributed by atoms with Gasteiger partial charge in [0.15, 0.2) is 0 Å². The third-order valence-corrected chi connectivity index (χ3v) is 4.74. The van der Waals surface area contributed by atoms with Crippen molar-refractivity contribution in [2.45, 2.75) is 25.3 Å². The lowest BCUT2D eigenvalue weighted by Crippen LogP contribution is -2.33. The van der Waals surface area contributed by atoms with Crippen LogP contribution in [0.3, 0.4) is 0 Å². The van der Waals surface area contributed by atoms with E-state index < -0.39 is 0 Å². The van der Waals surface area contributed by atoms with E-state index >= 15 is 0 Å². The average molecular weight is 303 g/mol. The van der Waals surface area contributed by atoms with Gasteiger partial charge in [-0.05, 0) is 19.4 Å². The van der Waals surface area contributed by atoms with Gasteiger partial charge in [0.2, 0.25) is 5.95 Å². The summed E-state index contributed by atoms with van der Waals surface area (Å²) in [6.45, 7) is 3.16. The van der Waals surface area contributed by atoms with Crippen LogP contribution in [0.25, 0.3) is 0 Å². The Balaban J connectivity index is 1.62. The van der Waals surface area contributed by atoms with Crippen molar-refractivity contribution in [2.75, 3.05) is 32.1 Å². The predicted molar refractivity (Wildman–Crippen MR) is 85.7 cm³/mol. The van der Waals surface area contributed by atoms with E-state index in [0.717, 1.165) is 25.6 Å². The zero-order valence-corrected chi connectivity index (χ0v) is 13.4. The number of piperidine rings is 1. The number of nitrogens with zero attached hydrogens (tertiary/aromatic N) is 5. The first-order valence-electron chi connectivity index (χ1n) is 7.32. The number of rotatable bonds is 4. The highest BCUT2D eigenvalue weighted by Gasteiger charge is 2.23. The Bertz CT molecular complexity index is 552. The van der Waals surface area contributed by atoms with Crippen LogP contribution in [0.2, 0.25) is 0 Å². The molecule has 2 aromatic heterocycles. The number of likely N-dealkylation sites (tertiary alicyclic amines) is 1. The van der Waals surface area contributed by atoms with Gasteiger partial charge in [-0.3, -0.25) is 4.90 Å². The Morgan fingerprint density at radius 2 is 2.10 bits per heavy atom. The van der Waals surface area contributed by atoms with Crippen molar-refractivity contribution in [2.24, 2.45) is 0 Å². The minimum absolute atomic E-state index is 0.584. The SMILES string of the molecule is CN(C)c1ncc(CN2CCC[C@@H](c3nccs3)C2)cn1. The van der Waals surface area contributed by atoms with Crippen LogP contribution in [0.5, 0.6) is 0 Å². The average Bonchev–Trinajstić information content (AvgIpc) is 3.02. The molecule has 21 heavy (non-hydrogen) atoms. The van der Waals surface area contributed by atoms with Crippen LogP contribution >= 0.6 is 11.3 Å². The lowest BCUT2D eigenvalue weighted by molar-refractivity contribution is 0.199. The molecule has 0 saturated carbocycles. The van der Waals surface area contributed by atoms with E-state index in [9.17, 15) is 0 Å². The highest BCUT2D eigenvalue weighted by Crippen LogP contribution is 2.28. The number of thiazole rings is 1. The van der Waals surface area contributed by atoms with Gasteiger partial charge >= 0.3 is 0 Å². The molecule has 3 heterocycles.